The molecule has 2 aliphatic rings. The number of methoxy groups -OCH3 is 2. The molecule has 7 nitrogen and oxygen atoms in total. The molecule has 7 heteroatoms. The monoisotopic (exact) mass is 430 g/mol. The molecule has 1 saturated carbocycles. The number of carbonyl (C=O) groups is 3. The summed E-state index contributed by atoms with van der Waals surface area (Å²) in [7, 11) is 3.13. The van der Waals surface area contributed by atoms with Crippen molar-refractivity contribution in [3.8, 4) is 5.75 Å². The molecule has 0 radical (unpaired) electrons. The van der Waals surface area contributed by atoms with Crippen molar-refractivity contribution >= 4 is 17.7 Å². The van der Waals surface area contributed by atoms with Gasteiger partial charge in [0, 0.05) is 51.8 Å². The molecule has 1 aromatic rings. The molecule has 3 amide bonds. The van der Waals surface area contributed by atoms with Crippen LogP contribution < -0.4 is 4.74 Å². The second-order valence-electron chi connectivity index (χ2n) is 8.62. The van der Waals surface area contributed by atoms with Crippen LogP contribution in [0.5, 0.6) is 5.75 Å². The lowest BCUT2D eigenvalue weighted by molar-refractivity contribution is -0.143. The van der Waals surface area contributed by atoms with Crippen molar-refractivity contribution in [3.63, 3.8) is 0 Å². The Morgan fingerprint density at radius 3 is 2.61 bits per heavy atom. The van der Waals surface area contributed by atoms with Crippen LogP contribution in [0.15, 0.2) is 24.3 Å². The van der Waals surface area contributed by atoms with E-state index in [0.717, 1.165) is 25.8 Å². The largest absolute Gasteiger partial charge is 0.496 e. The molecule has 0 bridgehead atoms. The molecule has 0 aromatic heterocycles. The number of imide groups is 1. The molecule has 1 aliphatic carbocycles. The first-order valence-electron chi connectivity index (χ1n) is 11.2. The average molecular weight is 431 g/mol. The molecule has 31 heavy (non-hydrogen) atoms. The first-order chi connectivity index (χ1) is 15.0. The van der Waals surface area contributed by atoms with Crippen LogP contribution in [0.25, 0.3) is 0 Å². The van der Waals surface area contributed by atoms with Crippen LogP contribution in [-0.4, -0.2) is 68.0 Å². The Hall–Kier alpha value is -2.41. The minimum atomic E-state index is -1.23. The predicted octanol–water partition coefficient (Wildman–Crippen LogP) is 2.77. The summed E-state index contributed by atoms with van der Waals surface area (Å²) in [5, 5.41) is 0. The molecule has 170 valence electrons. The zero-order valence-electron chi connectivity index (χ0n) is 18.9. The number of rotatable bonds is 12. The third-order valence-electron chi connectivity index (χ3n) is 6.24. The summed E-state index contributed by atoms with van der Waals surface area (Å²) in [6.07, 6.45) is 3.68. The Morgan fingerprint density at radius 1 is 1.23 bits per heavy atom. The van der Waals surface area contributed by atoms with E-state index in [1.165, 1.54) is 4.90 Å². The maximum absolute atomic E-state index is 13.7. The molecule has 3 rings (SSSR count). The number of likely N-dealkylation sites (tertiary alicyclic amines) is 1. The summed E-state index contributed by atoms with van der Waals surface area (Å²) in [4.78, 5) is 43.2. The Kier molecular flexibility index (Phi) is 7.70. The highest BCUT2D eigenvalue weighted by molar-refractivity contribution is 6.11. The summed E-state index contributed by atoms with van der Waals surface area (Å²) in [5.41, 5.74) is -0.620. The van der Waals surface area contributed by atoms with Gasteiger partial charge in [0.2, 0.25) is 17.7 Å². The van der Waals surface area contributed by atoms with E-state index in [4.69, 9.17) is 9.47 Å². The highest BCUT2D eigenvalue weighted by atomic mass is 16.5. The van der Waals surface area contributed by atoms with E-state index in [9.17, 15) is 14.4 Å². The van der Waals surface area contributed by atoms with E-state index in [0.29, 0.717) is 36.8 Å². The van der Waals surface area contributed by atoms with Gasteiger partial charge in [0.1, 0.15) is 5.75 Å². The maximum Gasteiger partial charge on any atom is 0.241 e. The van der Waals surface area contributed by atoms with Crippen LogP contribution in [0.3, 0.4) is 0 Å². The third kappa shape index (κ3) is 5.09. The standard InChI is InChI=1S/C24H34N2O5/c1-4-12-25(17-18-10-11-18)21(27)15-24(19-8-5-6-9-20(19)31-3)16-22(28)26(23(24)29)13-7-14-30-2/h5-6,8-9,18H,4,7,10-17H2,1-3H3. The van der Waals surface area contributed by atoms with Gasteiger partial charge in [-0.1, -0.05) is 25.1 Å². The normalized spacial score (nSPS) is 20.9. The minimum Gasteiger partial charge on any atom is -0.496 e. The number of ether oxygens (including phenoxy) is 2. The van der Waals surface area contributed by atoms with Crippen LogP contribution in [0.2, 0.25) is 0 Å². The number of hydrogen-bond donors (Lipinski definition) is 0. The lowest BCUT2D eigenvalue weighted by atomic mass is 9.75. The zero-order chi connectivity index (χ0) is 22.4. The smallest absolute Gasteiger partial charge is 0.241 e. The second-order valence-corrected chi connectivity index (χ2v) is 8.62. The Bertz CT molecular complexity index is 807. The van der Waals surface area contributed by atoms with Gasteiger partial charge >= 0.3 is 0 Å². The molecule has 0 N–H and O–H groups in total. The van der Waals surface area contributed by atoms with Crippen LogP contribution in [0, 0.1) is 5.92 Å². The van der Waals surface area contributed by atoms with E-state index in [1.807, 2.05) is 24.0 Å². The number of benzene rings is 1. The topological polar surface area (TPSA) is 76.2 Å². The summed E-state index contributed by atoms with van der Waals surface area (Å²) in [6.45, 7) is 4.19. The lowest BCUT2D eigenvalue weighted by Crippen LogP contribution is -2.44. The number of hydrogen-bond acceptors (Lipinski definition) is 5. The van der Waals surface area contributed by atoms with Gasteiger partial charge in [-0.2, -0.15) is 0 Å². The van der Waals surface area contributed by atoms with Gasteiger partial charge in [0.25, 0.3) is 0 Å². The van der Waals surface area contributed by atoms with Crippen molar-refractivity contribution in [1.29, 1.82) is 0 Å². The van der Waals surface area contributed by atoms with Gasteiger partial charge in [-0.3, -0.25) is 19.3 Å². The fourth-order valence-electron chi connectivity index (χ4n) is 4.45. The van der Waals surface area contributed by atoms with E-state index in [1.54, 1.807) is 26.4 Å². The molecule has 1 saturated heterocycles. The van der Waals surface area contributed by atoms with Gasteiger partial charge in [0.15, 0.2) is 0 Å². The van der Waals surface area contributed by atoms with Crippen molar-refractivity contribution < 1.29 is 23.9 Å². The molecule has 1 heterocycles. The van der Waals surface area contributed by atoms with Crippen LogP contribution >= 0.6 is 0 Å². The van der Waals surface area contributed by atoms with Crippen molar-refractivity contribution in [2.75, 3.05) is 40.5 Å². The molecular weight excluding hydrogens is 396 g/mol. The van der Waals surface area contributed by atoms with Gasteiger partial charge in [-0.15, -0.1) is 0 Å². The fraction of sp³-hybridized carbons (Fsp3) is 0.625. The SMILES string of the molecule is CCCN(CC1CC1)C(=O)CC1(c2ccccc2OC)CC(=O)N(CCCOC)C1=O. The van der Waals surface area contributed by atoms with Crippen LogP contribution in [0.4, 0.5) is 0 Å². The van der Waals surface area contributed by atoms with Gasteiger partial charge in [-0.05, 0) is 37.7 Å². The van der Waals surface area contributed by atoms with Crippen LogP contribution in [0.1, 0.15) is 51.0 Å². The van der Waals surface area contributed by atoms with E-state index in [-0.39, 0.29) is 37.1 Å². The fourth-order valence-corrected chi connectivity index (χ4v) is 4.45. The van der Waals surface area contributed by atoms with Gasteiger partial charge in [-0.25, -0.2) is 0 Å². The Labute approximate surface area is 184 Å². The Balaban J connectivity index is 1.94. The minimum absolute atomic E-state index is 0.0195. The average Bonchev–Trinajstić information content (AvgIpc) is 3.55. The maximum atomic E-state index is 13.7. The number of carbonyl (C=O) groups excluding carboxylic acids is 3. The number of para-hydroxylation sites is 1. The predicted molar refractivity (Wildman–Crippen MR) is 117 cm³/mol. The van der Waals surface area contributed by atoms with Crippen LogP contribution in [-0.2, 0) is 24.5 Å². The third-order valence-corrected chi connectivity index (χ3v) is 6.24. The molecule has 1 atom stereocenters. The summed E-state index contributed by atoms with van der Waals surface area (Å²) in [5.74, 6) is 0.460. The van der Waals surface area contributed by atoms with Crippen molar-refractivity contribution in [2.24, 2.45) is 5.92 Å². The highest BCUT2D eigenvalue weighted by Gasteiger charge is 2.55. The highest BCUT2D eigenvalue weighted by Crippen LogP contribution is 2.44. The zero-order valence-corrected chi connectivity index (χ0v) is 18.9. The summed E-state index contributed by atoms with van der Waals surface area (Å²) >= 11 is 0. The second kappa shape index (κ2) is 10.3. The molecule has 1 aromatic carbocycles. The molecule has 1 unspecified atom stereocenters. The number of nitrogens with zero attached hydrogens (tertiary/aromatic N) is 2. The number of amides is 3. The van der Waals surface area contributed by atoms with Crippen molar-refractivity contribution in [2.45, 2.75) is 50.9 Å². The molecule has 1 aliphatic heterocycles. The Morgan fingerprint density at radius 2 is 1.97 bits per heavy atom. The van der Waals surface area contributed by atoms with Gasteiger partial charge in [0.05, 0.1) is 12.5 Å². The molecular formula is C24H34N2O5. The summed E-state index contributed by atoms with van der Waals surface area (Å²) < 4.78 is 10.6. The van der Waals surface area contributed by atoms with E-state index in [2.05, 4.69) is 0 Å². The lowest BCUT2D eigenvalue weighted by Gasteiger charge is -2.31. The van der Waals surface area contributed by atoms with E-state index >= 15 is 0 Å². The molecule has 2 fully saturated rings. The van der Waals surface area contributed by atoms with E-state index < -0.39 is 5.41 Å². The van der Waals surface area contributed by atoms with Gasteiger partial charge < -0.3 is 14.4 Å². The quantitative estimate of drug-likeness (QED) is 0.376. The van der Waals surface area contributed by atoms with Crippen molar-refractivity contribution in [3.05, 3.63) is 29.8 Å². The first-order valence-corrected chi connectivity index (χ1v) is 11.2. The van der Waals surface area contributed by atoms with Crippen molar-refractivity contribution in [1.82, 2.24) is 9.80 Å². The molecule has 0 spiro atoms. The first kappa shape index (κ1) is 23.3. The summed E-state index contributed by atoms with van der Waals surface area (Å²) in [6, 6.07) is 7.23.